The highest BCUT2D eigenvalue weighted by atomic mass is 16.7. The summed E-state index contributed by atoms with van der Waals surface area (Å²) in [6.45, 7) is 4.52. The van der Waals surface area contributed by atoms with Crippen molar-refractivity contribution < 1.29 is 13.9 Å². The maximum Gasteiger partial charge on any atom is 0.343 e. The van der Waals surface area contributed by atoms with Crippen LogP contribution in [-0.2, 0) is 4.74 Å². The highest BCUT2D eigenvalue weighted by Gasteiger charge is 2.30. The summed E-state index contributed by atoms with van der Waals surface area (Å²) in [6.07, 6.45) is 0.377. The third kappa shape index (κ3) is 2.02. The molecule has 0 spiro atoms. The van der Waals surface area contributed by atoms with E-state index in [4.69, 9.17) is 13.9 Å². The normalized spacial score (nSPS) is 22.0. The average molecular weight is 260 g/mol. The molecule has 1 aromatic carbocycles. The molecule has 0 saturated heterocycles. The molecular formula is C15H16O4. The van der Waals surface area contributed by atoms with Crippen molar-refractivity contribution >= 4 is 11.0 Å². The lowest BCUT2D eigenvalue weighted by atomic mass is 9.94. The molecule has 0 radical (unpaired) electrons. The Balaban J connectivity index is 2.21. The molecule has 4 heteroatoms. The second-order valence-corrected chi connectivity index (χ2v) is 4.77. The monoisotopic (exact) mass is 260 g/mol. The zero-order valence-electron chi connectivity index (χ0n) is 11.0. The number of hydrogen-bond acceptors (Lipinski definition) is 4. The molecule has 4 nitrogen and oxygen atoms in total. The highest BCUT2D eigenvalue weighted by Crippen LogP contribution is 2.38. The first-order valence-electron chi connectivity index (χ1n) is 6.54. The van der Waals surface area contributed by atoms with Crippen LogP contribution in [0.5, 0.6) is 5.75 Å². The first-order valence-corrected chi connectivity index (χ1v) is 6.54. The molecular weight excluding hydrogens is 244 g/mol. The van der Waals surface area contributed by atoms with Crippen LogP contribution in [0.25, 0.3) is 11.0 Å². The Morgan fingerprint density at radius 3 is 2.95 bits per heavy atom. The molecule has 2 aromatic rings. The average Bonchev–Trinajstić information content (AvgIpc) is 2.38. The Morgan fingerprint density at radius 1 is 1.37 bits per heavy atom. The number of fused-ring (bicyclic) bond motifs is 3. The molecule has 0 bridgehead atoms. The maximum atomic E-state index is 12.1. The molecule has 0 N–H and O–H groups in total. The summed E-state index contributed by atoms with van der Waals surface area (Å²) in [4.78, 5) is 12.1. The first kappa shape index (κ1) is 12.2. The fourth-order valence-electron chi connectivity index (χ4n) is 2.56. The molecule has 100 valence electrons. The highest BCUT2D eigenvalue weighted by molar-refractivity contribution is 5.84. The van der Waals surface area contributed by atoms with Crippen molar-refractivity contribution in [3.05, 3.63) is 40.2 Å². The summed E-state index contributed by atoms with van der Waals surface area (Å²) in [7, 11) is 0. The van der Waals surface area contributed by atoms with E-state index in [0.29, 0.717) is 29.9 Å². The smallest absolute Gasteiger partial charge is 0.343 e. The number of hydrogen-bond donors (Lipinski definition) is 0. The van der Waals surface area contributed by atoms with Gasteiger partial charge in [0, 0.05) is 13.0 Å². The van der Waals surface area contributed by atoms with Gasteiger partial charge in [0.05, 0.1) is 10.9 Å². The third-order valence-electron chi connectivity index (χ3n) is 3.44. The molecule has 2 heterocycles. The largest absolute Gasteiger partial charge is 0.464 e. The predicted molar refractivity (Wildman–Crippen MR) is 71.6 cm³/mol. The molecule has 0 unspecified atom stereocenters. The van der Waals surface area contributed by atoms with E-state index in [9.17, 15) is 4.79 Å². The van der Waals surface area contributed by atoms with E-state index >= 15 is 0 Å². The fraction of sp³-hybridized carbons (Fsp3) is 0.400. The van der Waals surface area contributed by atoms with Crippen molar-refractivity contribution in [2.75, 3.05) is 6.61 Å². The SMILES string of the molecule is CCO[C@@H]1C[C@@H](C)c2c(c3ccccc3oc2=O)O1. The molecule has 19 heavy (non-hydrogen) atoms. The summed E-state index contributed by atoms with van der Waals surface area (Å²) in [6, 6.07) is 7.42. The van der Waals surface area contributed by atoms with Crippen molar-refractivity contribution in [1.82, 2.24) is 0 Å². The minimum absolute atomic E-state index is 0.0705. The summed E-state index contributed by atoms with van der Waals surface area (Å²) < 4.78 is 16.7. The Kier molecular flexibility index (Phi) is 3.03. The number of rotatable bonds is 2. The van der Waals surface area contributed by atoms with Crippen LogP contribution < -0.4 is 10.4 Å². The Hall–Kier alpha value is -1.81. The van der Waals surface area contributed by atoms with Gasteiger partial charge in [0.2, 0.25) is 0 Å². The van der Waals surface area contributed by atoms with Gasteiger partial charge in [0.25, 0.3) is 0 Å². The van der Waals surface area contributed by atoms with Crippen LogP contribution in [0.4, 0.5) is 0 Å². The molecule has 1 aliphatic rings. The van der Waals surface area contributed by atoms with Gasteiger partial charge in [-0.2, -0.15) is 0 Å². The van der Waals surface area contributed by atoms with Gasteiger partial charge in [0.15, 0.2) is 6.29 Å². The van der Waals surface area contributed by atoms with Crippen LogP contribution in [0.1, 0.15) is 31.7 Å². The standard InChI is InChI=1S/C15H16O4/c1-3-17-12-8-9(2)13-14(19-12)10-6-4-5-7-11(10)18-15(13)16/h4-7,9,12H,3,8H2,1-2H3/t9-,12+/m1/s1. The second kappa shape index (κ2) is 4.70. The van der Waals surface area contributed by atoms with E-state index in [1.165, 1.54) is 0 Å². The zero-order chi connectivity index (χ0) is 13.4. The van der Waals surface area contributed by atoms with Crippen LogP contribution >= 0.6 is 0 Å². The van der Waals surface area contributed by atoms with E-state index in [2.05, 4.69) is 0 Å². The van der Waals surface area contributed by atoms with E-state index in [1.54, 1.807) is 6.07 Å². The van der Waals surface area contributed by atoms with Gasteiger partial charge in [-0.1, -0.05) is 19.1 Å². The van der Waals surface area contributed by atoms with Gasteiger partial charge in [0.1, 0.15) is 11.3 Å². The van der Waals surface area contributed by atoms with Crippen molar-refractivity contribution in [2.24, 2.45) is 0 Å². The lowest BCUT2D eigenvalue weighted by Crippen LogP contribution is -2.30. The summed E-state index contributed by atoms with van der Waals surface area (Å²) in [5, 5.41) is 0.827. The number of ether oxygens (including phenoxy) is 2. The predicted octanol–water partition coefficient (Wildman–Crippen LogP) is 3.04. The minimum atomic E-state index is -0.309. The molecule has 0 fully saturated rings. The molecule has 0 aliphatic carbocycles. The van der Waals surface area contributed by atoms with Gasteiger partial charge in [-0.05, 0) is 25.0 Å². The quantitative estimate of drug-likeness (QED) is 0.779. The Labute approximate surface area is 110 Å². The molecule has 0 amide bonds. The summed E-state index contributed by atoms with van der Waals surface area (Å²) in [5.41, 5.74) is 0.862. The van der Waals surface area contributed by atoms with E-state index < -0.39 is 0 Å². The summed E-state index contributed by atoms with van der Waals surface area (Å²) >= 11 is 0. The maximum absolute atomic E-state index is 12.1. The van der Waals surface area contributed by atoms with Gasteiger partial charge in [-0.25, -0.2) is 4.79 Å². The molecule has 3 rings (SSSR count). The van der Waals surface area contributed by atoms with Crippen LogP contribution in [0.15, 0.2) is 33.5 Å². The van der Waals surface area contributed by atoms with Crippen LogP contribution in [0.3, 0.4) is 0 Å². The topological polar surface area (TPSA) is 48.7 Å². The van der Waals surface area contributed by atoms with Gasteiger partial charge < -0.3 is 13.9 Å². The summed E-state index contributed by atoms with van der Waals surface area (Å²) in [5.74, 6) is 0.685. The van der Waals surface area contributed by atoms with Crippen LogP contribution in [0, 0.1) is 0 Å². The number of para-hydroxylation sites is 1. The van der Waals surface area contributed by atoms with Crippen molar-refractivity contribution in [1.29, 1.82) is 0 Å². The minimum Gasteiger partial charge on any atom is -0.464 e. The van der Waals surface area contributed by atoms with Gasteiger partial charge in [-0.15, -0.1) is 0 Å². The lowest BCUT2D eigenvalue weighted by molar-refractivity contribution is -0.0902. The first-order chi connectivity index (χ1) is 9.20. The van der Waals surface area contributed by atoms with Crippen LogP contribution in [-0.4, -0.2) is 12.9 Å². The van der Waals surface area contributed by atoms with Crippen molar-refractivity contribution in [2.45, 2.75) is 32.5 Å². The van der Waals surface area contributed by atoms with Gasteiger partial charge >= 0.3 is 5.63 Å². The lowest BCUT2D eigenvalue weighted by Gasteiger charge is -2.29. The van der Waals surface area contributed by atoms with Gasteiger partial charge in [-0.3, -0.25) is 0 Å². The number of benzene rings is 1. The second-order valence-electron chi connectivity index (χ2n) is 4.77. The third-order valence-corrected chi connectivity index (χ3v) is 3.44. The fourth-order valence-corrected chi connectivity index (χ4v) is 2.56. The Bertz CT molecular complexity index is 659. The zero-order valence-corrected chi connectivity index (χ0v) is 11.0. The molecule has 1 aromatic heterocycles. The van der Waals surface area contributed by atoms with E-state index in [-0.39, 0.29) is 17.8 Å². The molecule has 2 atom stereocenters. The van der Waals surface area contributed by atoms with E-state index in [1.807, 2.05) is 32.0 Å². The van der Waals surface area contributed by atoms with Crippen LogP contribution in [0.2, 0.25) is 0 Å². The molecule has 1 aliphatic heterocycles. The van der Waals surface area contributed by atoms with Crippen molar-refractivity contribution in [3.63, 3.8) is 0 Å². The Morgan fingerprint density at radius 2 is 2.16 bits per heavy atom. The molecule has 0 saturated carbocycles. The van der Waals surface area contributed by atoms with Crippen molar-refractivity contribution in [3.8, 4) is 5.75 Å². The van der Waals surface area contributed by atoms with E-state index in [0.717, 1.165) is 5.39 Å².